The predicted molar refractivity (Wildman–Crippen MR) is 96.8 cm³/mol. The number of carbonyl (C=O) groups excluding carboxylic acids is 1. The minimum Gasteiger partial charge on any atom is -0.479 e. The lowest BCUT2D eigenvalue weighted by Crippen LogP contribution is -2.48. The maximum Gasteiger partial charge on any atom is 0.263 e. The van der Waals surface area contributed by atoms with Gasteiger partial charge in [-0.05, 0) is 50.8 Å². The second-order valence-corrected chi connectivity index (χ2v) is 6.72. The van der Waals surface area contributed by atoms with Gasteiger partial charge in [0.05, 0.1) is 5.02 Å². The Morgan fingerprint density at radius 2 is 2.09 bits per heavy atom. The van der Waals surface area contributed by atoms with Crippen molar-refractivity contribution in [3.63, 3.8) is 0 Å². The normalized spacial score (nSPS) is 20.4. The van der Waals surface area contributed by atoms with Crippen molar-refractivity contribution in [2.45, 2.75) is 38.8 Å². The van der Waals surface area contributed by atoms with Crippen LogP contribution in [-0.4, -0.2) is 36.0 Å². The van der Waals surface area contributed by atoms with Crippen molar-refractivity contribution in [3.8, 4) is 5.75 Å². The van der Waals surface area contributed by atoms with E-state index in [0.29, 0.717) is 28.3 Å². The molecule has 0 saturated carbocycles. The van der Waals surface area contributed by atoms with Crippen molar-refractivity contribution >= 4 is 41.5 Å². The zero-order valence-corrected chi connectivity index (χ0v) is 15.6. The Hall–Kier alpha value is -0.680. The van der Waals surface area contributed by atoms with Gasteiger partial charge >= 0.3 is 0 Å². The van der Waals surface area contributed by atoms with E-state index in [1.54, 1.807) is 25.1 Å². The number of ether oxygens (including phenoxy) is 1. The number of carbonyl (C=O) groups is 1. The van der Waals surface area contributed by atoms with Crippen LogP contribution in [0, 0.1) is 5.92 Å². The third-order valence-electron chi connectivity index (χ3n) is 4.06. The number of hydrogen-bond acceptors (Lipinski definition) is 3. The fourth-order valence-corrected chi connectivity index (χ4v) is 3.16. The summed E-state index contributed by atoms with van der Waals surface area (Å²) < 4.78 is 5.70. The van der Waals surface area contributed by atoms with E-state index in [2.05, 4.69) is 0 Å². The molecule has 0 radical (unpaired) electrons. The van der Waals surface area contributed by atoms with E-state index < -0.39 is 6.10 Å². The van der Waals surface area contributed by atoms with Crippen LogP contribution in [0.15, 0.2) is 18.2 Å². The summed E-state index contributed by atoms with van der Waals surface area (Å²) in [7, 11) is 0. The van der Waals surface area contributed by atoms with Gasteiger partial charge in [-0.1, -0.05) is 23.2 Å². The van der Waals surface area contributed by atoms with Crippen molar-refractivity contribution in [1.82, 2.24) is 4.90 Å². The van der Waals surface area contributed by atoms with E-state index in [1.165, 1.54) is 0 Å². The summed E-state index contributed by atoms with van der Waals surface area (Å²) in [6.07, 6.45) is 1.46. The Kier molecular flexibility index (Phi) is 7.95. The molecule has 2 rings (SSSR count). The van der Waals surface area contributed by atoms with Crippen LogP contribution in [0.4, 0.5) is 0 Å². The molecule has 23 heavy (non-hydrogen) atoms. The average molecular weight is 382 g/mol. The van der Waals surface area contributed by atoms with Gasteiger partial charge in [0.2, 0.25) is 0 Å². The molecular formula is C16H23Cl3N2O2. The molecule has 0 aromatic heterocycles. The maximum absolute atomic E-state index is 12.5. The molecule has 1 saturated heterocycles. The van der Waals surface area contributed by atoms with Crippen molar-refractivity contribution in [2.24, 2.45) is 11.7 Å². The van der Waals surface area contributed by atoms with E-state index in [1.807, 2.05) is 11.8 Å². The molecule has 1 aliphatic rings. The first-order valence-electron chi connectivity index (χ1n) is 7.54. The third-order valence-corrected chi connectivity index (χ3v) is 4.59. The van der Waals surface area contributed by atoms with Gasteiger partial charge in [-0.3, -0.25) is 4.79 Å². The number of piperidine rings is 1. The summed E-state index contributed by atoms with van der Waals surface area (Å²) in [6.45, 7) is 5.18. The summed E-state index contributed by atoms with van der Waals surface area (Å²) in [4.78, 5) is 14.4. The number of nitrogens with zero attached hydrogens (tertiary/aromatic N) is 1. The highest BCUT2D eigenvalue weighted by molar-refractivity contribution is 6.35. The quantitative estimate of drug-likeness (QED) is 0.863. The van der Waals surface area contributed by atoms with E-state index in [0.717, 1.165) is 19.4 Å². The number of benzene rings is 1. The first-order valence-corrected chi connectivity index (χ1v) is 8.30. The fraction of sp³-hybridized carbons (Fsp3) is 0.562. The Morgan fingerprint density at radius 1 is 1.39 bits per heavy atom. The summed E-state index contributed by atoms with van der Waals surface area (Å²) in [6, 6.07) is 5.06. The predicted octanol–water partition coefficient (Wildman–Crippen LogP) is 3.77. The lowest BCUT2D eigenvalue weighted by molar-refractivity contribution is -0.139. The lowest BCUT2D eigenvalue weighted by Gasteiger charge is -2.35. The summed E-state index contributed by atoms with van der Waals surface area (Å²) in [5.41, 5.74) is 5.96. The molecule has 1 fully saturated rings. The number of hydrogen-bond donors (Lipinski definition) is 1. The first-order chi connectivity index (χ1) is 10.4. The number of halogens is 3. The van der Waals surface area contributed by atoms with Gasteiger partial charge in [-0.2, -0.15) is 0 Å². The highest BCUT2D eigenvalue weighted by Gasteiger charge is 2.29. The minimum atomic E-state index is -0.592. The average Bonchev–Trinajstić information content (AvgIpc) is 2.49. The molecule has 130 valence electrons. The van der Waals surface area contributed by atoms with Crippen LogP contribution in [0.3, 0.4) is 0 Å². The Morgan fingerprint density at radius 3 is 2.70 bits per heavy atom. The second-order valence-electron chi connectivity index (χ2n) is 5.88. The molecule has 1 heterocycles. The zero-order valence-electron chi connectivity index (χ0n) is 13.3. The van der Waals surface area contributed by atoms with Gasteiger partial charge in [-0.15, -0.1) is 12.4 Å². The van der Waals surface area contributed by atoms with Crippen molar-refractivity contribution in [2.75, 3.05) is 13.1 Å². The van der Waals surface area contributed by atoms with Crippen LogP contribution in [0.5, 0.6) is 5.75 Å². The summed E-state index contributed by atoms with van der Waals surface area (Å²) in [5.74, 6) is 0.785. The molecule has 1 amide bonds. The molecule has 0 aliphatic carbocycles. The molecule has 1 aliphatic heterocycles. The molecule has 7 heteroatoms. The molecule has 3 atom stereocenters. The lowest BCUT2D eigenvalue weighted by atomic mass is 9.92. The molecule has 0 spiro atoms. The molecule has 1 aromatic carbocycles. The van der Waals surface area contributed by atoms with E-state index in [9.17, 15) is 4.79 Å². The van der Waals surface area contributed by atoms with Crippen LogP contribution in [0.25, 0.3) is 0 Å². The monoisotopic (exact) mass is 380 g/mol. The molecule has 1 aromatic rings. The highest BCUT2D eigenvalue weighted by atomic mass is 35.5. The highest BCUT2D eigenvalue weighted by Crippen LogP contribution is 2.29. The van der Waals surface area contributed by atoms with Crippen molar-refractivity contribution in [3.05, 3.63) is 28.2 Å². The molecule has 0 bridgehead atoms. The molecule has 3 unspecified atom stereocenters. The van der Waals surface area contributed by atoms with Crippen molar-refractivity contribution in [1.29, 1.82) is 0 Å². The second kappa shape index (κ2) is 8.97. The van der Waals surface area contributed by atoms with Gasteiger partial charge in [0, 0.05) is 24.2 Å². The minimum absolute atomic E-state index is 0. The summed E-state index contributed by atoms with van der Waals surface area (Å²) >= 11 is 11.9. The molecular weight excluding hydrogens is 359 g/mol. The van der Waals surface area contributed by atoms with Crippen LogP contribution >= 0.6 is 35.6 Å². The van der Waals surface area contributed by atoms with E-state index >= 15 is 0 Å². The number of rotatable bonds is 4. The standard InChI is InChI=1S/C16H22Cl2N2O2.ClH/c1-10(19)12-4-3-7-20(9-12)16(21)11(2)22-15-6-5-13(17)8-14(15)18;/h5-6,8,10-12H,3-4,7,9,19H2,1-2H3;1H. The Bertz CT molecular complexity index is 540. The van der Waals surface area contributed by atoms with Crippen LogP contribution in [-0.2, 0) is 4.79 Å². The van der Waals surface area contributed by atoms with E-state index in [4.69, 9.17) is 33.7 Å². The number of nitrogens with two attached hydrogens (primary N) is 1. The zero-order chi connectivity index (χ0) is 16.3. The fourth-order valence-electron chi connectivity index (χ4n) is 2.71. The Labute approximate surface area is 153 Å². The van der Waals surface area contributed by atoms with Gasteiger partial charge in [0.25, 0.3) is 5.91 Å². The van der Waals surface area contributed by atoms with Crippen molar-refractivity contribution < 1.29 is 9.53 Å². The molecule has 4 nitrogen and oxygen atoms in total. The Balaban J connectivity index is 0.00000264. The topological polar surface area (TPSA) is 55.6 Å². The summed E-state index contributed by atoms with van der Waals surface area (Å²) in [5, 5.41) is 0.936. The molecule has 2 N–H and O–H groups in total. The largest absolute Gasteiger partial charge is 0.479 e. The maximum atomic E-state index is 12.5. The van der Waals surface area contributed by atoms with Crippen LogP contribution in [0.2, 0.25) is 10.0 Å². The smallest absolute Gasteiger partial charge is 0.263 e. The SMILES string of the molecule is CC(Oc1ccc(Cl)cc1Cl)C(=O)N1CCCC(C(C)N)C1.Cl. The number of likely N-dealkylation sites (tertiary alicyclic amines) is 1. The van der Waals surface area contributed by atoms with Gasteiger partial charge < -0.3 is 15.4 Å². The van der Waals surface area contributed by atoms with Gasteiger partial charge in [0.1, 0.15) is 5.75 Å². The van der Waals surface area contributed by atoms with Crippen LogP contribution in [0.1, 0.15) is 26.7 Å². The third kappa shape index (κ3) is 5.42. The van der Waals surface area contributed by atoms with E-state index in [-0.39, 0.29) is 24.4 Å². The first kappa shape index (κ1) is 20.4. The number of amides is 1. The van der Waals surface area contributed by atoms with Crippen LogP contribution < -0.4 is 10.5 Å². The van der Waals surface area contributed by atoms with Gasteiger partial charge in [0.15, 0.2) is 6.10 Å². The van der Waals surface area contributed by atoms with Gasteiger partial charge in [-0.25, -0.2) is 0 Å².